The molecule has 3 amide bonds. The highest BCUT2D eigenvalue weighted by Crippen LogP contribution is 2.47. The predicted octanol–water partition coefficient (Wildman–Crippen LogP) is 6.70. The minimum Gasteiger partial charge on any atom is -0.342 e. The summed E-state index contributed by atoms with van der Waals surface area (Å²) in [5.74, 6) is 1.56. The van der Waals surface area contributed by atoms with Gasteiger partial charge in [0.1, 0.15) is 5.82 Å². The van der Waals surface area contributed by atoms with Crippen LogP contribution in [0.3, 0.4) is 0 Å². The number of aromatic nitrogens is 2. The number of anilines is 2. The van der Waals surface area contributed by atoms with Gasteiger partial charge in [-0.2, -0.15) is 5.10 Å². The molecule has 7 nitrogen and oxygen atoms in total. The molecule has 1 aromatic heterocycles. The lowest BCUT2D eigenvalue weighted by Crippen LogP contribution is -2.42. The molecule has 0 radical (unpaired) electrons. The number of hydrogen-bond acceptors (Lipinski definition) is 3. The van der Waals surface area contributed by atoms with E-state index >= 15 is 0 Å². The quantitative estimate of drug-likeness (QED) is 0.374. The second-order valence-electron chi connectivity index (χ2n) is 12.7. The van der Waals surface area contributed by atoms with E-state index in [0.29, 0.717) is 17.6 Å². The van der Waals surface area contributed by atoms with Gasteiger partial charge in [-0.3, -0.25) is 10.1 Å². The summed E-state index contributed by atoms with van der Waals surface area (Å²) in [7, 11) is 0. The monoisotopic (exact) mass is 527 g/mol. The standard InChI is InChI=1S/C32H41N5O2/c1-22-6-12-26(13-7-22)37-28(21-27(35-37)31(2,3)4)34-30(39)33-25-10-8-23(9-11-25)20-24-14-18-36(19-15-24)29(38)32(5)16-17-32/h6-13,21,24H,14-20H2,1-5H3,(H2,33,34,39). The zero-order chi connectivity index (χ0) is 27.8. The first-order valence-electron chi connectivity index (χ1n) is 14.1. The summed E-state index contributed by atoms with van der Waals surface area (Å²) in [5.41, 5.74) is 4.74. The highest BCUT2D eigenvalue weighted by atomic mass is 16.2. The van der Waals surface area contributed by atoms with Crippen LogP contribution in [0.25, 0.3) is 5.69 Å². The number of likely N-dealkylation sites (tertiary alicyclic amines) is 1. The van der Waals surface area contributed by atoms with E-state index in [-0.39, 0.29) is 16.9 Å². The first-order chi connectivity index (χ1) is 18.5. The molecule has 1 saturated carbocycles. The van der Waals surface area contributed by atoms with Gasteiger partial charge in [-0.05, 0) is 74.8 Å². The van der Waals surface area contributed by atoms with E-state index in [1.165, 1.54) is 11.1 Å². The predicted molar refractivity (Wildman–Crippen MR) is 156 cm³/mol. The van der Waals surface area contributed by atoms with Crippen LogP contribution in [0.15, 0.2) is 54.6 Å². The lowest BCUT2D eigenvalue weighted by Gasteiger charge is -2.33. The zero-order valence-corrected chi connectivity index (χ0v) is 23.9. The fourth-order valence-electron chi connectivity index (χ4n) is 5.18. The molecule has 0 atom stereocenters. The molecule has 7 heteroatoms. The van der Waals surface area contributed by atoms with Gasteiger partial charge in [0, 0.05) is 35.7 Å². The van der Waals surface area contributed by atoms with E-state index in [4.69, 9.17) is 5.10 Å². The number of aryl methyl sites for hydroxylation is 1. The number of rotatable bonds is 6. The van der Waals surface area contributed by atoms with Crippen LogP contribution in [0, 0.1) is 18.3 Å². The Morgan fingerprint density at radius 1 is 0.974 bits per heavy atom. The largest absolute Gasteiger partial charge is 0.342 e. The third-order valence-corrected chi connectivity index (χ3v) is 8.15. The lowest BCUT2D eigenvalue weighted by molar-refractivity contribution is -0.137. The van der Waals surface area contributed by atoms with Crippen molar-refractivity contribution in [1.29, 1.82) is 0 Å². The number of carbonyl (C=O) groups excluding carboxylic acids is 2. The van der Waals surface area contributed by atoms with Crippen LogP contribution >= 0.6 is 0 Å². The van der Waals surface area contributed by atoms with Crippen molar-refractivity contribution < 1.29 is 9.59 Å². The van der Waals surface area contributed by atoms with Crippen LogP contribution in [0.1, 0.15) is 70.2 Å². The summed E-state index contributed by atoms with van der Waals surface area (Å²) in [6.45, 7) is 12.2. The number of nitrogens with one attached hydrogen (secondary N) is 2. The average Bonchev–Trinajstić information content (AvgIpc) is 3.51. The van der Waals surface area contributed by atoms with Gasteiger partial charge in [-0.15, -0.1) is 0 Å². The summed E-state index contributed by atoms with van der Waals surface area (Å²) >= 11 is 0. The molecule has 2 fully saturated rings. The topological polar surface area (TPSA) is 79.3 Å². The van der Waals surface area contributed by atoms with Gasteiger partial charge in [-0.25, -0.2) is 9.48 Å². The molecule has 0 spiro atoms. The van der Waals surface area contributed by atoms with Crippen molar-refractivity contribution in [3.05, 3.63) is 71.4 Å². The molecular weight excluding hydrogens is 486 g/mol. The SMILES string of the molecule is Cc1ccc(-n2nc(C(C)(C)C)cc2NC(=O)Nc2ccc(CC3CCN(C(=O)C4(C)CC4)CC3)cc2)cc1. The Bertz CT molecular complexity index is 1320. The van der Waals surface area contributed by atoms with Crippen LogP contribution in [-0.4, -0.2) is 39.7 Å². The van der Waals surface area contributed by atoms with Crippen LogP contribution in [0.5, 0.6) is 0 Å². The second-order valence-corrected chi connectivity index (χ2v) is 12.7. The smallest absolute Gasteiger partial charge is 0.324 e. The van der Waals surface area contributed by atoms with Crippen molar-refractivity contribution >= 4 is 23.4 Å². The van der Waals surface area contributed by atoms with Crippen molar-refractivity contribution in [3.63, 3.8) is 0 Å². The van der Waals surface area contributed by atoms with Crippen molar-refractivity contribution in [2.45, 2.75) is 72.1 Å². The third kappa shape index (κ3) is 6.35. The number of urea groups is 1. The van der Waals surface area contributed by atoms with Gasteiger partial charge in [-0.1, -0.05) is 57.5 Å². The normalized spacial score (nSPS) is 17.1. The molecule has 2 aliphatic rings. The summed E-state index contributed by atoms with van der Waals surface area (Å²) in [4.78, 5) is 27.6. The van der Waals surface area contributed by atoms with Gasteiger partial charge in [0.2, 0.25) is 5.91 Å². The fraction of sp³-hybridized carbons (Fsp3) is 0.469. The van der Waals surface area contributed by atoms with Crippen LogP contribution in [0.2, 0.25) is 0 Å². The van der Waals surface area contributed by atoms with Crippen LogP contribution in [-0.2, 0) is 16.6 Å². The van der Waals surface area contributed by atoms with Crippen LogP contribution < -0.4 is 10.6 Å². The summed E-state index contributed by atoms with van der Waals surface area (Å²) in [6.07, 6.45) is 5.18. The Kier molecular flexibility index (Phi) is 7.27. The molecular formula is C32H41N5O2. The van der Waals surface area contributed by atoms with Crippen molar-refractivity contribution in [1.82, 2.24) is 14.7 Å². The maximum atomic E-state index is 12.9. The first-order valence-corrected chi connectivity index (χ1v) is 14.1. The Balaban J connectivity index is 1.18. The minimum atomic E-state index is -0.308. The van der Waals surface area contributed by atoms with E-state index < -0.39 is 0 Å². The Labute approximate surface area is 232 Å². The van der Waals surface area contributed by atoms with Gasteiger partial charge < -0.3 is 10.2 Å². The van der Waals surface area contributed by atoms with Crippen LogP contribution in [0.4, 0.5) is 16.3 Å². The molecule has 3 aromatic rings. The molecule has 2 aromatic carbocycles. The number of hydrogen-bond donors (Lipinski definition) is 2. The molecule has 0 unspecified atom stereocenters. The maximum Gasteiger partial charge on any atom is 0.324 e. The van der Waals surface area contributed by atoms with Gasteiger partial charge in [0.15, 0.2) is 0 Å². The molecule has 39 heavy (non-hydrogen) atoms. The fourth-order valence-corrected chi connectivity index (χ4v) is 5.18. The van der Waals surface area contributed by atoms with E-state index in [1.54, 1.807) is 4.68 Å². The van der Waals surface area contributed by atoms with Crippen molar-refractivity contribution in [3.8, 4) is 5.69 Å². The Morgan fingerprint density at radius 3 is 2.21 bits per heavy atom. The highest BCUT2D eigenvalue weighted by molar-refractivity contribution is 5.99. The number of carbonyl (C=O) groups is 2. The highest BCUT2D eigenvalue weighted by Gasteiger charge is 2.47. The van der Waals surface area contributed by atoms with E-state index in [2.05, 4.69) is 55.4 Å². The number of nitrogens with zero attached hydrogens (tertiary/aromatic N) is 3. The molecule has 5 rings (SSSR count). The second kappa shape index (κ2) is 10.5. The number of piperidine rings is 1. The van der Waals surface area contributed by atoms with Gasteiger partial charge >= 0.3 is 6.03 Å². The molecule has 0 bridgehead atoms. The van der Waals surface area contributed by atoms with E-state index in [9.17, 15) is 9.59 Å². The molecule has 206 valence electrons. The zero-order valence-electron chi connectivity index (χ0n) is 23.9. The molecule has 1 saturated heterocycles. The van der Waals surface area contributed by atoms with Gasteiger partial charge in [0.25, 0.3) is 0 Å². The maximum absolute atomic E-state index is 12.9. The summed E-state index contributed by atoms with van der Waals surface area (Å²) in [5, 5.41) is 10.7. The summed E-state index contributed by atoms with van der Waals surface area (Å²) < 4.78 is 1.78. The molecule has 1 aliphatic carbocycles. The van der Waals surface area contributed by atoms with E-state index in [0.717, 1.165) is 62.3 Å². The average molecular weight is 528 g/mol. The molecule has 1 aliphatic heterocycles. The summed E-state index contributed by atoms with van der Waals surface area (Å²) in [6, 6.07) is 17.8. The first kappa shape index (κ1) is 27.0. The number of amides is 3. The Morgan fingerprint density at radius 2 is 1.62 bits per heavy atom. The van der Waals surface area contributed by atoms with Crippen molar-refractivity contribution in [2.75, 3.05) is 23.7 Å². The minimum absolute atomic E-state index is 0.0723. The lowest BCUT2D eigenvalue weighted by atomic mass is 9.89. The molecule has 2 heterocycles. The Hall–Kier alpha value is -3.61. The third-order valence-electron chi connectivity index (χ3n) is 8.15. The van der Waals surface area contributed by atoms with E-state index in [1.807, 2.05) is 49.4 Å². The molecule has 2 N–H and O–H groups in total. The van der Waals surface area contributed by atoms with Crippen molar-refractivity contribution in [2.24, 2.45) is 11.3 Å². The van der Waals surface area contributed by atoms with Gasteiger partial charge in [0.05, 0.1) is 11.4 Å². The number of benzene rings is 2.